The molecule has 1 saturated heterocycles. The van der Waals surface area contributed by atoms with Gasteiger partial charge in [0, 0.05) is 39.3 Å². The number of urea groups is 1. The molecule has 0 spiro atoms. The van der Waals surface area contributed by atoms with Crippen molar-refractivity contribution in [2.24, 2.45) is 0 Å². The van der Waals surface area contributed by atoms with Crippen molar-refractivity contribution in [3.8, 4) is 0 Å². The summed E-state index contributed by atoms with van der Waals surface area (Å²) in [5.74, 6) is -0.238. The van der Waals surface area contributed by atoms with E-state index in [1.165, 1.54) is 17.7 Å². The van der Waals surface area contributed by atoms with Gasteiger partial charge < -0.3 is 10.2 Å². The molecule has 3 rings (SSSR count). The molecule has 4 nitrogen and oxygen atoms in total. The first-order chi connectivity index (χ1) is 12.2. The van der Waals surface area contributed by atoms with Crippen LogP contribution >= 0.6 is 0 Å². The van der Waals surface area contributed by atoms with Crippen molar-refractivity contribution >= 4 is 6.03 Å². The van der Waals surface area contributed by atoms with E-state index in [4.69, 9.17) is 0 Å². The fourth-order valence-electron chi connectivity index (χ4n) is 3.07. The number of hydrogen-bond acceptors (Lipinski definition) is 2. The Balaban J connectivity index is 1.38. The Kier molecular flexibility index (Phi) is 6.01. The van der Waals surface area contributed by atoms with Gasteiger partial charge >= 0.3 is 6.03 Å². The first-order valence-electron chi connectivity index (χ1n) is 8.74. The van der Waals surface area contributed by atoms with Crippen molar-refractivity contribution in [3.05, 3.63) is 71.5 Å². The lowest BCUT2D eigenvalue weighted by molar-refractivity contribution is 0.135. The predicted molar refractivity (Wildman–Crippen MR) is 96.8 cm³/mol. The van der Waals surface area contributed by atoms with E-state index < -0.39 is 0 Å². The third kappa shape index (κ3) is 5.29. The van der Waals surface area contributed by atoms with E-state index in [2.05, 4.69) is 34.5 Å². The van der Waals surface area contributed by atoms with Gasteiger partial charge in [-0.1, -0.05) is 42.5 Å². The Morgan fingerprint density at radius 1 is 0.960 bits per heavy atom. The van der Waals surface area contributed by atoms with E-state index in [1.807, 2.05) is 17.0 Å². The van der Waals surface area contributed by atoms with Gasteiger partial charge in [0.05, 0.1) is 0 Å². The Hall–Kier alpha value is -2.40. The maximum absolute atomic E-state index is 13.1. The fourth-order valence-corrected chi connectivity index (χ4v) is 3.07. The third-order valence-electron chi connectivity index (χ3n) is 4.49. The molecule has 1 fully saturated rings. The summed E-state index contributed by atoms with van der Waals surface area (Å²) in [4.78, 5) is 16.5. The Labute approximate surface area is 148 Å². The average Bonchev–Trinajstić information content (AvgIpc) is 2.63. The summed E-state index contributed by atoms with van der Waals surface area (Å²) in [5, 5.41) is 2.93. The van der Waals surface area contributed by atoms with Crippen LogP contribution in [0, 0.1) is 5.82 Å². The van der Waals surface area contributed by atoms with Gasteiger partial charge in [-0.2, -0.15) is 0 Å². The number of rotatable bonds is 5. The van der Waals surface area contributed by atoms with Crippen molar-refractivity contribution in [2.45, 2.75) is 13.0 Å². The topological polar surface area (TPSA) is 35.6 Å². The number of hydrogen-bond donors (Lipinski definition) is 1. The predicted octanol–water partition coefficient (Wildman–Crippen LogP) is 2.90. The van der Waals surface area contributed by atoms with Gasteiger partial charge in [0.1, 0.15) is 5.82 Å². The Morgan fingerprint density at radius 2 is 1.68 bits per heavy atom. The number of carbonyl (C=O) groups excluding carboxylic acids is 1. The molecule has 0 saturated carbocycles. The molecule has 132 valence electrons. The van der Waals surface area contributed by atoms with Crippen LogP contribution in [-0.4, -0.2) is 48.6 Å². The lowest BCUT2D eigenvalue weighted by atomic mass is 10.1. The molecule has 1 heterocycles. The average molecular weight is 341 g/mol. The number of halogens is 1. The molecule has 2 aromatic carbocycles. The molecule has 1 aliphatic heterocycles. The molecule has 0 atom stereocenters. The van der Waals surface area contributed by atoms with Gasteiger partial charge in [0.15, 0.2) is 0 Å². The molecule has 0 unspecified atom stereocenters. The molecular formula is C20H24FN3O. The zero-order valence-corrected chi connectivity index (χ0v) is 14.3. The van der Waals surface area contributed by atoms with Crippen LogP contribution in [0.4, 0.5) is 9.18 Å². The van der Waals surface area contributed by atoms with Crippen molar-refractivity contribution in [1.29, 1.82) is 0 Å². The highest BCUT2D eigenvalue weighted by atomic mass is 19.1. The second-order valence-electron chi connectivity index (χ2n) is 6.36. The molecule has 1 aliphatic rings. The van der Waals surface area contributed by atoms with Crippen molar-refractivity contribution in [2.75, 3.05) is 32.7 Å². The summed E-state index contributed by atoms with van der Waals surface area (Å²) >= 11 is 0. The lowest BCUT2D eigenvalue weighted by Gasteiger charge is -2.34. The molecule has 0 aliphatic carbocycles. The van der Waals surface area contributed by atoms with E-state index in [0.717, 1.165) is 38.3 Å². The number of carbonyl (C=O) groups is 1. The summed E-state index contributed by atoms with van der Waals surface area (Å²) < 4.78 is 13.1. The number of nitrogens with zero attached hydrogens (tertiary/aromatic N) is 2. The number of nitrogens with one attached hydrogen (secondary N) is 1. The lowest BCUT2D eigenvalue weighted by Crippen LogP contribution is -2.51. The summed E-state index contributed by atoms with van der Waals surface area (Å²) in [6, 6.07) is 16.9. The normalized spacial score (nSPS) is 15.2. The standard InChI is InChI=1S/C20H24FN3O/c21-19-8-4-7-17(15-19)9-10-22-20(25)24-13-11-23(12-14-24)16-18-5-2-1-3-6-18/h1-8,15H,9-14,16H2,(H,22,25). The molecule has 0 aromatic heterocycles. The number of amides is 2. The van der Waals surface area contributed by atoms with Crippen molar-refractivity contribution < 1.29 is 9.18 Å². The molecule has 2 amide bonds. The number of piperazine rings is 1. The zero-order chi connectivity index (χ0) is 17.5. The third-order valence-corrected chi connectivity index (χ3v) is 4.49. The quantitative estimate of drug-likeness (QED) is 0.908. The van der Waals surface area contributed by atoms with Crippen LogP contribution in [0.3, 0.4) is 0 Å². The van der Waals surface area contributed by atoms with Gasteiger partial charge in [-0.3, -0.25) is 4.90 Å². The summed E-state index contributed by atoms with van der Waals surface area (Å²) in [7, 11) is 0. The van der Waals surface area contributed by atoms with E-state index in [9.17, 15) is 9.18 Å². The first-order valence-corrected chi connectivity index (χ1v) is 8.74. The molecule has 0 radical (unpaired) electrons. The second kappa shape index (κ2) is 8.62. The van der Waals surface area contributed by atoms with Gasteiger partial charge in [0.25, 0.3) is 0 Å². The zero-order valence-electron chi connectivity index (χ0n) is 14.3. The molecule has 25 heavy (non-hydrogen) atoms. The second-order valence-corrected chi connectivity index (χ2v) is 6.36. The summed E-state index contributed by atoms with van der Waals surface area (Å²) in [5.41, 5.74) is 2.20. The minimum Gasteiger partial charge on any atom is -0.338 e. The van der Waals surface area contributed by atoms with E-state index in [1.54, 1.807) is 6.07 Å². The van der Waals surface area contributed by atoms with Crippen molar-refractivity contribution in [1.82, 2.24) is 15.1 Å². The summed E-state index contributed by atoms with van der Waals surface area (Å²) in [6.45, 7) is 4.68. The van der Waals surface area contributed by atoms with Gasteiger partial charge in [-0.15, -0.1) is 0 Å². The van der Waals surface area contributed by atoms with E-state index in [-0.39, 0.29) is 11.8 Å². The van der Waals surface area contributed by atoms with Crippen LogP contribution in [-0.2, 0) is 13.0 Å². The Bertz CT molecular complexity index is 684. The van der Waals surface area contributed by atoms with Gasteiger partial charge in [-0.05, 0) is 29.7 Å². The number of benzene rings is 2. The molecule has 2 aromatic rings. The minimum absolute atomic E-state index is 0.0317. The maximum Gasteiger partial charge on any atom is 0.317 e. The highest BCUT2D eigenvalue weighted by molar-refractivity contribution is 5.74. The monoisotopic (exact) mass is 341 g/mol. The minimum atomic E-state index is -0.238. The fraction of sp³-hybridized carbons (Fsp3) is 0.350. The van der Waals surface area contributed by atoms with E-state index >= 15 is 0 Å². The van der Waals surface area contributed by atoms with Crippen LogP contribution in [0.2, 0.25) is 0 Å². The molecule has 1 N–H and O–H groups in total. The highest BCUT2D eigenvalue weighted by Crippen LogP contribution is 2.09. The van der Waals surface area contributed by atoms with Crippen LogP contribution in [0.25, 0.3) is 0 Å². The first kappa shape index (κ1) is 17.4. The molecular weight excluding hydrogens is 317 g/mol. The van der Waals surface area contributed by atoms with Crippen LogP contribution < -0.4 is 5.32 Å². The SMILES string of the molecule is O=C(NCCc1cccc(F)c1)N1CCN(Cc2ccccc2)CC1. The van der Waals surface area contributed by atoms with Crippen LogP contribution in [0.5, 0.6) is 0 Å². The Morgan fingerprint density at radius 3 is 2.40 bits per heavy atom. The molecule has 5 heteroatoms. The highest BCUT2D eigenvalue weighted by Gasteiger charge is 2.20. The smallest absolute Gasteiger partial charge is 0.317 e. The van der Waals surface area contributed by atoms with Gasteiger partial charge in [0.2, 0.25) is 0 Å². The summed E-state index contributed by atoms with van der Waals surface area (Å²) in [6.07, 6.45) is 0.636. The van der Waals surface area contributed by atoms with Crippen molar-refractivity contribution in [3.63, 3.8) is 0 Å². The van der Waals surface area contributed by atoms with Gasteiger partial charge in [-0.25, -0.2) is 9.18 Å². The maximum atomic E-state index is 13.1. The molecule has 0 bridgehead atoms. The van der Waals surface area contributed by atoms with Crippen LogP contribution in [0.15, 0.2) is 54.6 Å². The van der Waals surface area contributed by atoms with Crippen LogP contribution in [0.1, 0.15) is 11.1 Å². The largest absolute Gasteiger partial charge is 0.338 e. The van der Waals surface area contributed by atoms with E-state index in [0.29, 0.717) is 13.0 Å².